The van der Waals surface area contributed by atoms with Crippen molar-refractivity contribution in [2.24, 2.45) is 11.7 Å². The van der Waals surface area contributed by atoms with E-state index in [1.807, 2.05) is 20.8 Å². The van der Waals surface area contributed by atoms with E-state index in [0.717, 1.165) is 6.42 Å². The van der Waals surface area contributed by atoms with Gasteiger partial charge in [-0.2, -0.15) is 0 Å². The summed E-state index contributed by atoms with van der Waals surface area (Å²) in [5, 5.41) is 0. The van der Waals surface area contributed by atoms with Crippen LogP contribution in [0.15, 0.2) is 0 Å². The Morgan fingerprint density at radius 3 is 2.85 bits per heavy atom. The lowest BCUT2D eigenvalue weighted by molar-refractivity contribution is -0.0575. The van der Waals surface area contributed by atoms with Crippen LogP contribution in [0, 0.1) is 5.92 Å². The van der Waals surface area contributed by atoms with Crippen molar-refractivity contribution in [1.29, 1.82) is 0 Å². The molecule has 2 fully saturated rings. The van der Waals surface area contributed by atoms with E-state index < -0.39 is 11.2 Å². The summed E-state index contributed by atoms with van der Waals surface area (Å²) in [7, 11) is 0. The minimum absolute atomic E-state index is 0.304. The number of hydrogen-bond acceptors (Lipinski definition) is 5. The van der Waals surface area contributed by atoms with Crippen molar-refractivity contribution >= 4 is 6.09 Å². The largest absolute Gasteiger partial charge is 0.444 e. The molecule has 0 radical (unpaired) electrons. The highest BCUT2D eigenvalue weighted by molar-refractivity contribution is 5.68. The van der Waals surface area contributed by atoms with Crippen molar-refractivity contribution in [3.8, 4) is 0 Å². The quantitative estimate of drug-likeness (QED) is 0.778. The fraction of sp³-hybridized carbons (Fsp3) is 0.929. The maximum atomic E-state index is 12.2. The molecule has 0 aliphatic carbocycles. The number of carbonyl (C=O) groups is 1. The van der Waals surface area contributed by atoms with E-state index in [1.54, 1.807) is 4.90 Å². The Hall–Kier alpha value is -0.850. The third-order valence-electron chi connectivity index (χ3n) is 3.62. The molecule has 0 aromatic carbocycles. The van der Waals surface area contributed by atoms with Gasteiger partial charge >= 0.3 is 6.09 Å². The molecule has 0 bridgehead atoms. The minimum atomic E-state index is -0.492. The molecular formula is C14H26N2O4. The van der Waals surface area contributed by atoms with Gasteiger partial charge in [0, 0.05) is 6.54 Å². The third-order valence-corrected chi connectivity index (χ3v) is 3.62. The van der Waals surface area contributed by atoms with Gasteiger partial charge in [-0.25, -0.2) is 4.79 Å². The van der Waals surface area contributed by atoms with Crippen LogP contribution in [0.5, 0.6) is 0 Å². The first-order valence-electron chi connectivity index (χ1n) is 7.23. The summed E-state index contributed by atoms with van der Waals surface area (Å²) in [6.07, 6.45) is 0.533. The first-order valence-corrected chi connectivity index (χ1v) is 7.23. The highest BCUT2D eigenvalue weighted by Gasteiger charge is 2.44. The summed E-state index contributed by atoms with van der Waals surface area (Å²) in [6, 6.07) is 0. The van der Waals surface area contributed by atoms with Gasteiger partial charge in [0.15, 0.2) is 0 Å². The number of nitrogens with zero attached hydrogens (tertiary/aromatic N) is 1. The molecule has 2 rings (SSSR count). The molecule has 2 aliphatic rings. The van der Waals surface area contributed by atoms with E-state index in [-0.39, 0.29) is 6.09 Å². The molecule has 0 aromatic rings. The molecular weight excluding hydrogens is 260 g/mol. The molecule has 2 saturated heterocycles. The molecule has 1 spiro atoms. The second kappa shape index (κ2) is 5.87. The summed E-state index contributed by atoms with van der Waals surface area (Å²) >= 11 is 0. The number of carbonyl (C=O) groups excluding carboxylic acids is 1. The SMILES string of the molecule is CC(C)(C)OC(=O)N1CCOC[C@]2(C[C@H](CN)CO2)C1. The molecule has 20 heavy (non-hydrogen) atoms. The van der Waals surface area contributed by atoms with Crippen LogP contribution in [0.2, 0.25) is 0 Å². The van der Waals surface area contributed by atoms with Crippen LogP contribution in [0.1, 0.15) is 27.2 Å². The molecule has 116 valence electrons. The van der Waals surface area contributed by atoms with Gasteiger partial charge in [-0.15, -0.1) is 0 Å². The van der Waals surface area contributed by atoms with Crippen LogP contribution in [0.4, 0.5) is 4.79 Å². The first kappa shape index (κ1) is 15.5. The molecule has 2 N–H and O–H groups in total. The normalized spacial score (nSPS) is 31.4. The number of rotatable bonds is 1. The molecule has 2 heterocycles. The molecule has 0 unspecified atom stereocenters. The van der Waals surface area contributed by atoms with E-state index >= 15 is 0 Å². The van der Waals surface area contributed by atoms with Crippen LogP contribution in [-0.2, 0) is 14.2 Å². The van der Waals surface area contributed by atoms with Gasteiger partial charge in [-0.1, -0.05) is 0 Å². The predicted octanol–water partition coefficient (Wildman–Crippen LogP) is 0.988. The predicted molar refractivity (Wildman–Crippen MR) is 74.5 cm³/mol. The standard InChI is InChI=1S/C14H26N2O4/c1-13(2,3)20-12(17)16-4-5-18-10-14(9-16)6-11(7-15)8-19-14/h11H,4-10,15H2,1-3H3/t11-,14+/m1/s1. The fourth-order valence-electron chi connectivity index (χ4n) is 2.69. The molecule has 6 heteroatoms. The van der Waals surface area contributed by atoms with Gasteiger partial charge in [-0.05, 0) is 39.7 Å². The smallest absolute Gasteiger partial charge is 0.410 e. The highest BCUT2D eigenvalue weighted by Crippen LogP contribution is 2.32. The van der Waals surface area contributed by atoms with Crippen molar-refractivity contribution in [2.75, 3.05) is 39.5 Å². The lowest BCUT2D eigenvalue weighted by atomic mass is 9.94. The Kier molecular flexibility index (Phi) is 4.56. The first-order chi connectivity index (χ1) is 9.34. The monoisotopic (exact) mass is 286 g/mol. The molecule has 2 atom stereocenters. The van der Waals surface area contributed by atoms with E-state index in [9.17, 15) is 4.79 Å². The van der Waals surface area contributed by atoms with E-state index in [2.05, 4.69) is 0 Å². The zero-order valence-electron chi connectivity index (χ0n) is 12.7. The van der Waals surface area contributed by atoms with E-state index in [1.165, 1.54) is 0 Å². The third kappa shape index (κ3) is 3.84. The topological polar surface area (TPSA) is 74.0 Å². The van der Waals surface area contributed by atoms with Gasteiger partial charge in [0.2, 0.25) is 0 Å². The van der Waals surface area contributed by atoms with Gasteiger partial charge in [0.1, 0.15) is 11.2 Å². The summed E-state index contributed by atoms with van der Waals surface area (Å²) in [6.45, 7) is 8.92. The Morgan fingerprint density at radius 1 is 1.50 bits per heavy atom. The lowest BCUT2D eigenvalue weighted by Crippen LogP contribution is -2.47. The Bertz CT molecular complexity index is 356. The average molecular weight is 286 g/mol. The summed E-state index contributed by atoms with van der Waals surface area (Å²) in [5.74, 6) is 0.345. The Labute approximate surface area is 120 Å². The molecule has 1 amide bonds. The van der Waals surface area contributed by atoms with Gasteiger partial charge in [0.25, 0.3) is 0 Å². The molecule has 0 saturated carbocycles. The second-order valence-electron chi connectivity index (χ2n) is 6.75. The lowest BCUT2D eigenvalue weighted by Gasteiger charge is -2.32. The maximum Gasteiger partial charge on any atom is 0.410 e. The van der Waals surface area contributed by atoms with Crippen molar-refractivity contribution in [3.63, 3.8) is 0 Å². The number of nitrogens with two attached hydrogens (primary N) is 1. The van der Waals surface area contributed by atoms with Crippen molar-refractivity contribution in [2.45, 2.75) is 38.4 Å². The van der Waals surface area contributed by atoms with Gasteiger partial charge < -0.3 is 24.8 Å². The van der Waals surface area contributed by atoms with Crippen LogP contribution in [0.3, 0.4) is 0 Å². The minimum Gasteiger partial charge on any atom is -0.444 e. The average Bonchev–Trinajstić information content (AvgIpc) is 2.61. The van der Waals surface area contributed by atoms with Crippen molar-refractivity contribution in [3.05, 3.63) is 0 Å². The summed E-state index contributed by atoms with van der Waals surface area (Å²) in [4.78, 5) is 13.9. The highest BCUT2D eigenvalue weighted by atomic mass is 16.6. The number of amides is 1. The summed E-state index contributed by atoms with van der Waals surface area (Å²) < 4.78 is 17.0. The van der Waals surface area contributed by atoms with Gasteiger partial charge in [0.05, 0.1) is 26.4 Å². The van der Waals surface area contributed by atoms with Crippen molar-refractivity contribution < 1.29 is 19.0 Å². The zero-order valence-corrected chi connectivity index (χ0v) is 12.7. The zero-order chi connectivity index (χ0) is 14.8. The fourth-order valence-corrected chi connectivity index (χ4v) is 2.69. The summed E-state index contributed by atoms with van der Waals surface area (Å²) in [5.41, 5.74) is 4.80. The number of ether oxygens (including phenoxy) is 3. The van der Waals surface area contributed by atoms with E-state index in [4.69, 9.17) is 19.9 Å². The Balaban J connectivity index is 2.02. The maximum absolute atomic E-state index is 12.2. The number of hydrogen-bond donors (Lipinski definition) is 1. The molecule has 6 nitrogen and oxygen atoms in total. The van der Waals surface area contributed by atoms with Crippen LogP contribution in [-0.4, -0.2) is 61.7 Å². The van der Waals surface area contributed by atoms with Crippen LogP contribution in [0.25, 0.3) is 0 Å². The van der Waals surface area contributed by atoms with Crippen LogP contribution >= 0.6 is 0 Å². The Morgan fingerprint density at radius 2 is 2.25 bits per heavy atom. The molecule has 0 aromatic heterocycles. The molecule has 2 aliphatic heterocycles. The van der Waals surface area contributed by atoms with Crippen LogP contribution < -0.4 is 5.73 Å². The second-order valence-corrected chi connectivity index (χ2v) is 6.75. The van der Waals surface area contributed by atoms with Crippen molar-refractivity contribution in [1.82, 2.24) is 4.90 Å². The van der Waals surface area contributed by atoms with Gasteiger partial charge in [-0.3, -0.25) is 0 Å². The van der Waals surface area contributed by atoms with E-state index in [0.29, 0.717) is 45.4 Å².